The molecule has 9 nitrogen and oxygen atoms in total. The summed E-state index contributed by atoms with van der Waals surface area (Å²) in [5.74, 6) is 1.63. The molecule has 0 spiro atoms. The van der Waals surface area contributed by atoms with Crippen molar-refractivity contribution in [2.24, 2.45) is 7.05 Å². The van der Waals surface area contributed by atoms with Gasteiger partial charge in [-0.3, -0.25) is 9.67 Å². The Hall–Kier alpha value is -3.92. The molecule has 4 aromatic rings. The van der Waals surface area contributed by atoms with Gasteiger partial charge in [0.25, 0.3) is 0 Å². The average Bonchev–Trinajstić information content (AvgIpc) is 3.22. The van der Waals surface area contributed by atoms with E-state index in [0.29, 0.717) is 29.6 Å². The van der Waals surface area contributed by atoms with Crippen molar-refractivity contribution in [2.75, 3.05) is 11.1 Å². The lowest BCUT2D eigenvalue weighted by Gasteiger charge is -2.09. The Balaban J connectivity index is 1.37. The number of carbonyl (C=O) groups is 1. The van der Waals surface area contributed by atoms with Crippen LogP contribution in [0.4, 0.5) is 16.3 Å². The van der Waals surface area contributed by atoms with E-state index in [1.165, 1.54) is 0 Å². The van der Waals surface area contributed by atoms with E-state index in [4.69, 9.17) is 5.73 Å². The third-order valence-corrected chi connectivity index (χ3v) is 5.49. The second-order valence-electron chi connectivity index (χ2n) is 6.99. The highest BCUT2D eigenvalue weighted by atomic mass is 32.2. The molecule has 0 aliphatic rings. The number of benzene rings is 1. The maximum atomic E-state index is 12.1. The molecule has 10 heteroatoms. The minimum Gasteiger partial charge on any atom is -0.384 e. The monoisotopic (exact) mass is 446 g/mol. The molecular formula is C22H22N8OS. The van der Waals surface area contributed by atoms with Crippen LogP contribution in [0.1, 0.15) is 11.3 Å². The fourth-order valence-corrected chi connectivity index (χ4v) is 3.71. The molecule has 32 heavy (non-hydrogen) atoms. The lowest BCUT2D eigenvalue weighted by molar-refractivity contribution is 0.251. The highest BCUT2D eigenvalue weighted by Gasteiger charge is 2.08. The van der Waals surface area contributed by atoms with Gasteiger partial charge in [-0.05, 0) is 36.4 Å². The number of nitrogens with two attached hydrogens (primary N) is 1. The summed E-state index contributed by atoms with van der Waals surface area (Å²) in [6.07, 6.45) is 7.09. The molecule has 162 valence electrons. The topological polar surface area (TPSA) is 124 Å². The highest BCUT2D eigenvalue weighted by Crippen LogP contribution is 2.24. The van der Waals surface area contributed by atoms with Gasteiger partial charge in [-0.15, -0.1) is 11.8 Å². The molecule has 3 aromatic heterocycles. The van der Waals surface area contributed by atoms with Gasteiger partial charge in [-0.25, -0.2) is 14.8 Å². The second-order valence-corrected chi connectivity index (χ2v) is 8.04. The zero-order chi connectivity index (χ0) is 22.3. The number of urea groups is 1. The first kappa shape index (κ1) is 21.3. The van der Waals surface area contributed by atoms with Crippen molar-refractivity contribution in [1.82, 2.24) is 30.0 Å². The summed E-state index contributed by atoms with van der Waals surface area (Å²) in [5, 5.41) is 9.68. The standard InChI is InChI=1S/C22H22N8OS/c1-30-13-15(12-26-30)11-25-22(31)28-17-4-2-16(3-5-17)21-27-18(10-20(23)29-21)14-32-19-6-8-24-9-7-19/h2-10,12-13H,11,14H2,1H3,(H2,23,27,29)(H2,25,28,31). The van der Waals surface area contributed by atoms with Gasteiger partial charge >= 0.3 is 6.03 Å². The summed E-state index contributed by atoms with van der Waals surface area (Å²) in [6, 6.07) is 12.7. The van der Waals surface area contributed by atoms with Crippen LogP contribution in [0.25, 0.3) is 11.4 Å². The number of thioether (sulfide) groups is 1. The van der Waals surface area contributed by atoms with Crippen molar-refractivity contribution in [1.29, 1.82) is 0 Å². The molecule has 4 rings (SSSR count). The van der Waals surface area contributed by atoms with Crippen LogP contribution in [-0.4, -0.2) is 30.8 Å². The fraction of sp³-hybridized carbons (Fsp3) is 0.136. The minimum absolute atomic E-state index is 0.294. The number of aryl methyl sites for hydroxylation is 1. The van der Waals surface area contributed by atoms with Crippen molar-refractivity contribution in [3.8, 4) is 11.4 Å². The number of carbonyl (C=O) groups excluding carboxylic acids is 1. The summed E-state index contributed by atoms with van der Waals surface area (Å²) in [7, 11) is 1.83. The van der Waals surface area contributed by atoms with Gasteiger partial charge in [0.15, 0.2) is 5.82 Å². The van der Waals surface area contributed by atoms with E-state index in [2.05, 4.69) is 30.7 Å². The molecule has 0 saturated heterocycles. The number of amides is 2. The lowest BCUT2D eigenvalue weighted by Crippen LogP contribution is -2.28. The molecular weight excluding hydrogens is 424 g/mol. The third-order valence-electron chi connectivity index (χ3n) is 4.45. The van der Waals surface area contributed by atoms with E-state index >= 15 is 0 Å². The Kier molecular flexibility index (Phi) is 6.61. The Bertz CT molecular complexity index is 1190. The molecule has 1 aromatic carbocycles. The maximum absolute atomic E-state index is 12.1. The molecule has 4 N–H and O–H groups in total. The Labute approximate surface area is 189 Å². The fourth-order valence-electron chi connectivity index (χ4n) is 2.94. The average molecular weight is 447 g/mol. The van der Waals surface area contributed by atoms with Gasteiger partial charge in [0.1, 0.15) is 5.82 Å². The van der Waals surface area contributed by atoms with Crippen LogP contribution in [0, 0.1) is 0 Å². The van der Waals surface area contributed by atoms with Gasteiger partial charge in [0.2, 0.25) is 0 Å². The number of nitrogen functional groups attached to an aromatic ring is 1. The van der Waals surface area contributed by atoms with Crippen LogP contribution in [-0.2, 0) is 19.3 Å². The summed E-state index contributed by atoms with van der Waals surface area (Å²) in [5.41, 5.74) is 9.24. The van der Waals surface area contributed by atoms with E-state index in [1.54, 1.807) is 53.2 Å². The molecule has 0 aliphatic heterocycles. The minimum atomic E-state index is -0.294. The number of aromatic nitrogens is 5. The van der Waals surface area contributed by atoms with E-state index in [9.17, 15) is 4.79 Å². The quantitative estimate of drug-likeness (QED) is 0.371. The Morgan fingerprint density at radius 3 is 2.62 bits per heavy atom. The Morgan fingerprint density at radius 2 is 1.91 bits per heavy atom. The maximum Gasteiger partial charge on any atom is 0.319 e. The summed E-state index contributed by atoms with van der Waals surface area (Å²) in [4.78, 5) is 26.3. The van der Waals surface area contributed by atoms with Crippen molar-refractivity contribution >= 4 is 29.3 Å². The molecule has 2 amide bonds. The number of rotatable bonds is 7. The highest BCUT2D eigenvalue weighted by molar-refractivity contribution is 7.98. The van der Waals surface area contributed by atoms with Crippen molar-refractivity contribution < 1.29 is 4.79 Å². The largest absolute Gasteiger partial charge is 0.384 e. The van der Waals surface area contributed by atoms with Crippen LogP contribution in [0.3, 0.4) is 0 Å². The number of hydrogen-bond acceptors (Lipinski definition) is 7. The van der Waals surface area contributed by atoms with E-state index < -0.39 is 0 Å². The molecule has 0 unspecified atom stereocenters. The number of hydrogen-bond donors (Lipinski definition) is 3. The van der Waals surface area contributed by atoms with Crippen molar-refractivity contribution in [2.45, 2.75) is 17.2 Å². The number of anilines is 2. The van der Waals surface area contributed by atoms with Crippen molar-refractivity contribution in [3.05, 3.63) is 78.5 Å². The first-order valence-electron chi connectivity index (χ1n) is 9.84. The summed E-state index contributed by atoms with van der Waals surface area (Å²) < 4.78 is 1.69. The van der Waals surface area contributed by atoms with E-state index in [0.717, 1.165) is 21.7 Å². The lowest BCUT2D eigenvalue weighted by atomic mass is 10.2. The third kappa shape index (κ3) is 5.82. The molecule has 3 heterocycles. The second kappa shape index (κ2) is 9.92. The zero-order valence-corrected chi connectivity index (χ0v) is 18.2. The van der Waals surface area contributed by atoms with Crippen LogP contribution in [0.2, 0.25) is 0 Å². The van der Waals surface area contributed by atoms with Crippen LogP contribution < -0.4 is 16.4 Å². The first-order chi connectivity index (χ1) is 15.5. The smallest absolute Gasteiger partial charge is 0.319 e. The molecule has 0 saturated carbocycles. The van der Waals surface area contributed by atoms with Gasteiger partial charge in [-0.2, -0.15) is 5.10 Å². The number of nitrogens with one attached hydrogen (secondary N) is 2. The van der Waals surface area contributed by atoms with Crippen molar-refractivity contribution in [3.63, 3.8) is 0 Å². The van der Waals surface area contributed by atoms with Gasteiger partial charge < -0.3 is 16.4 Å². The van der Waals surface area contributed by atoms with Crippen LogP contribution in [0.15, 0.2) is 72.1 Å². The van der Waals surface area contributed by atoms with Gasteiger partial charge in [-0.1, -0.05) is 0 Å². The molecule has 0 aliphatic carbocycles. The van der Waals surface area contributed by atoms with Gasteiger partial charge in [0, 0.05) is 65.7 Å². The predicted octanol–water partition coefficient (Wildman–Crippen LogP) is 3.47. The normalized spacial score (nSPS) is 10.7. The molecule has 0 radical (unpaired) electrons. The molecule has 0 fully saturated rings. The van der Waals surface area contributed by atoms with E-state index in [1.807, 2.05) is 37.5 Å². The molecule has 0 bridgehead atoms. The van der Waals surface area contributed by atoms with E-state index in [-0.39, 0.29) is 6.03 Å². The zero-order valence-electron chi connectivity index (χ0n) is 17.4. The predicted molar refractivity (Wildman–Crippen MR) is 125 cm³/mol. The molecule has 0 atom stereocenters. The summed E-state index contributed by atoms with van der Waals surface area (Å²) >= 11 is 1.65. The van der Waals surface area contributed by atoms with Crippen LogP contribution >= 0.6 is 11.8 Å². The van der Waals surface area contributed by atoms with Crippen LogP contribution in [0.5, 0.6) is 0 Å². The first-order valence-corrected chi connectivity index (χ1v) is 10.8. The SMILES string of the molecule is Cn1cc(CNC(=O)Nc2ccc(-c3nc(N)cc(CSc4ccncc4)n3)cc2)cn1. The number of nitrogens with zero attached hydrogens (tertiary/aromatic N) is 5. The Morgan fingerprint density at radius 1 is 1.12 bits per heavy atom. The summed E-state index contributed by atoms with van der Waals surface area (Å²) in [6.45, 7) is 0.398. The number of pyridine rings is 1. The van der Waals surface area contributed by atoms with Gasteiger partial charge in [0.05, 0.1) is 11.9 Å².